The number of amides is 1. The number of carbonyl (C=O) groups excluding carboxylic acids is 1. The molecular formula is C27H30N2O4S2. The molecule has 1 amide bonds. The molecule has 8 heteroatoms. The molecule has 3 aromatic rings. The van der Waals surface area contributed by atoms with Gasteiger partial charge in [-0.25, -0.2) is 8.42 Å². The lowest BCUT2D eigenvalue weighted by Crippen LogP contribution is -2.41. The highest BCUT2D eigenvalue weighted by atomic mass is 32.2. The summed E-state index contributed by atoms with van der Waals surface area (Å²) in [6, 6.07) is 24.2. The number of benzene rings is 3. The highest BCUT2D eigenvalue weighted by Crippen LogP contribution is 2.29. The first-order valence-corrected chi connectivity index (χ1v) is 14.3. The van der Waals surface area contributed by atoms with Crippen LogP contribution in [0.15, 0.2) is 89.8 Å². The first-order chi connectivity index (χ1) is 17.0. The van der Waals surface area contributed by atoms with E-state index in [9.17, 15) is 13.2 Å². The van der Waals surface area contributed by atoms with Crippen LogP contribution in [0.4, 0.5) is 5.69 Å². The molecule has 0 radical (unpaired) electrons. The van der Waals surface area contributed by atoms with Crippen molar-refractivity contribution in [2.45, 2.75) is 35.8 Å². The third-order valence-electron chi connectivity index (χ3n) is 5.80. The fraction of sp³-hybridized carbons (Fsp3) is 0.296. The van der Waals surface area contributed by atoms with Gasteiger partial charge in [-0.1, -0.05) is 49.2 Å². The summed E-state index contributed by atoms with van der Waals surface area (Å²) in [5.41, 5.74) is 0.393. The van der Waals surface area contributed by atoms with Crippen LogP contribution in [0.5, 0.6) is 11.5 Å². The van der Waals surface area contributed by atoms with Crippen LogP contribution in [0.3, 0.4) is 0 Å². The van der Waals surface area contributed by atoms with E-state index in [0.29, 0.717) is 29.0 Å². The summed E-state index contributed by atoms with van der Waals surface area (Å²) in [6.07, 6.45) is 5.05. The lowest BCUT2D eigenvalue weighted by Gasteiger charge is -2.24. The Kier molecular flexibility index (Phi) is 8.71. The Morgan fingerprint density at radius 2 is 1.49 bits per heavy atom. The Hall–Kier alpha value is -2.97. The van der Waals surface area contributed by atoms with Crippen LogP contribution in [0.25, 0.3) is 0 Å². The van der Waals surface area contributed by atoms with Crippen molar-refractivity contribution in [2.24, 2.45) is 0 Å². The molecule has 0 atom stereocenters. The van der Waals surface area contributed by atoms with Gasteiger partial charge in [0.15, 0.2) is 0 Å². The Morgan fingerprint density at radius 1 is 0.886 bits per heavy atom. The molecule has 184 valence electrons. The van der Waals surface area contributed by atoms with E-state index < -0.39 is 10.0 Å². The molecule has 3 aromatic carbocycles. The van der Waals surface area contributed by atoms with Crippen molar-refractivity contribution in [3.05, 3.63) is 84.9 Å². The molecular weight excluding hydrogens is 480 g/mol. The summed E-state index contributed by atoms with van der Waals surface area (Å²) in [6.45, 7) is 0.216. The maximum atomic E-state index is 13.5. The minimum atomic E-state index is -3.94. The summed E-state index contributed by atoms with van der Waals surface area (Å²) in [4.78, 5) is 12.9. The van der Waals surface area contributed by atoms with Crippen LogP contribution < -0.4 is 14.4 Å². The van der Waals surface area contributed by atoms with Gasteiger partial charge >= 0.3 is 0 Å². The van der Waals surface area contributed by atoms with E-state index in [2.05, 4.69) is 5.32 Å². The number of rotatable bonds is 11. The summed E-state index contributed by atoms with van der Waals surface area (Å²) in [5.74, 6) is 1.75. The minimum Gasteiger partial charge on any atom is -0.457 e. The maximum Gasteiger partial charge on any atom is 0.264 e. The van der Waals surface area contributed by atoms with E-state index >= 15 is 0 Å². The van der Waals surface area contributed by atoms with E-state index in [1.807, 2.05) is 42.1 Å². The molecule has 0 unspecified atom stereocenters. The highest BCUT2D eigenvalue weighted by molar-refractivity contribution is 7.99. The fourth-order valence-corrected chi connectivity index (χ4v) is 6.66. The molecule has 0 bridgehead atoms. The van der Waals surface area contributed by atoms with Gasteiger partial charge in [0.1, 0.15) is 18.0 Å². The monoisotopic (exact) mass is 510 g/mol. The minimum absolute atomic E-state index is 0.134. The molecule has 0 spiro atoms. The summed E-state index contributed by atoms with van der Waals surface area (Å²) >= 11 is 1.89. The number of nitrogens with zero attached hydrogens (tertiary/aromatic N) is 1. The van der Waals surface area contributed by atoms with Crippen molar-refractivity contribution in [1.29, 1.82) is 0 Å². The molecule has 0 aromatic heterocycles. The number of thioether (sulfide) groups is 1. The standard InChI is InChI=1S/C27H30N2O4S2/c30-27(28-19-20-34-25-11-7-8-12-25)21-29(35(31,32)26-13-5-2-6-14-26)22-15-17-24(18-16-22)33-23-9-3-1-4-10-23/h1-6,9-10,13-18,25H,7-8,11-12,19-21H2,(H,28,30). The van der Waals surface area contributed by atoms with E-state index in [1.54, 1.807) is 42.5 Å². The number of para-hydroxylation sites is 1. The van der Waals surface area contributed by atoms with Crippen LogP contribution in [-0.2, 0) is 14.8 Å². The molecule has 1 fully saturated rings. The number of nitrogens with one attached hydrogen (secondary N) is 1. The fourth-order valence-electron chi connectivity index (χ4n) is 4.00. The molecule has 0 saturated heterocycles. The quantitative estimate of drug-likeness (QED) is 0.347. The van der Waals surface area contributed by atoms with Gasteiger partial charge in [-0.2, -0.15) is 11.8 Å². The molecule has 4 rings (SSSR count). The van der Waals surface area contributed by atoms with Crippen LogP contribution in [-0.4, -0.2) is 38.4 Å². The number of hydrogen-bond acceptors (Lipinski definition) is 5. The van der Waals surface area contributed by atoms with Crippen molar-refractivity contribution < 1.29 is 17.9 Å². The van der Waals surface area contributed by atoms with Gasteiger partial charge in [0.05, 0.1) is 10.6 Å². The molecule has 0 aliphatic heterocycles. The van der Waals surface area contributed by atoms with Crippen molar-refractivity contribution >= 4 is 33.4 Å². The van der Waals surface area contributed by atoms with Crippen molar-refractivity contribution in [1.82, 2.24) is 5.32 Å². The summed E-state index contributed by atoms with van der Waals surface area (Å²) in [5, 5.41) is 3.56. The Balaban J connectivity index is 1.46. The summed E-state index contributed by atoms with van der Waals surface area (Å²) < 4.78 is 33.9. The average molecular weight is 511 g/mol. The second-order valence-electron chi connectivity index (χ2n) is 8.36. The summed E-state index contributed by atoms with van der Waals surface area (Å²) in [7, 11) is -3.94. The molecule has 35 heavy (non-hydrogen) atoms. The normalized spacial score (nSPS) is 13.9. The Labute approximate surface area is 211 Å². The second kappa shape index (κ2) is 12.1. The largest absolute Gasteiger partial charge is 0.457 e. The van der Waals surface area contributed by atoms with Crippen molar-refractivity contribution in [3.63, 3.8) is 0 Å². The van der Waals surface area contributed by atoms with E-state index in [4.69, 9.17) is 4.74 Å². The Bertz CT molecular complexity index is 1180. The van der Waals surface area contributed by atoms with Crippen LogP contribution in [0.2, 0.25) is 0 Å². The first kappa shape index (κ1) is 25.1. The molecule has 1 N–H and O–H groups in total. The molecule has 1 aliphatic carbocycles. The van der Waals surface area contributed by atoms with Crippen LogP contribution in [0, 0.1) is 0 Å². The number of anilines is 1. The molecule has 0 heterocycles. The van der Waals surface area contributed by atoms with E-state index in [1.165, 1.54) is 37.8 Å². The maximum absolute atomic E-state index is 13.5. The second-order valence-corrected chi connectivity index (χ2v) is 11.6. The number of carbonyl (C=O) groups is 1. The zero-order valence-corrected chi connectivity index (χ0v) is 21.1. The number of ether oxygens (including phenoxy) is 1. The lowest BCUT2D eigenvalue weighted by molar-refractivity contribution is -0.119. The topological polar surface area (TPSA) is 75.7 Å². The first-order valence-electron chi connectivity index (χ1n) is 11.8. The van der Waals surface area contributed by atoms with Crippen LogP contribution in [0.1, 0.15) is 25.7 Å². The SMILES string of the molecule is O=C(CN(c1ccc(Oc2ccccc2)cc1)S(=O)(=O)c1ccccc1)NCCSC1CCCC1. The number of sulfonamides is 1. The van der Waals surface area contributed by atoms with Gasteiger partial charge < -0.3 is 10.1 Å². The number of hydrogen-bond donors (Lipinski definition) is 1. The van der Waals surface area contributed by atoms with Gasteiger partial charge in [0.25, 0.3) is 10.0 Å². The van der Waals surface area contributed by atoms with Gasteiger partial charge in [-0.15, -0.1) is 0 Å². The third-order valence-corrected chi connectivity index (χ3v) is 8.97. The van der Waals surface area contributed by atoms with Crippen molar-refractivity contribution in [3.8, 4) is 11.5 Å². The van der Waals surface area contributed by atoms with Crippen LogP contribution >= 0.6 is 11.8 Å². The lowest BCUT2D eigenvalue weighted by atomic mass is 10.3. The Morgan fingerprint density at radius 3 is 2.14 bits per heavy atom. The highest BCUT2D eigenvalue weighted by Gasteiger charge is 2.27. The molecule has 1 saturated carbocycles. The van der Waals surface area contributed by atoms with Crippen molar-refractivity contribution in [2.75, 3.05) is 23.1 Å². The predicted octanol–water partition coefficient (Wildman–Crippen LogP) is 5.47. The smallest absolute Gasteiger partial charge is 0.264 e. The van der Waals surface area contributed by atoms with E-state index in [-0.39, 0.29) is 17.3 Å². The van der Waals surface area contributed by atoms with Gasteiger partial charge in [-0.3, -0.25) is 9.10 Å². The molecule has 1 aliphatic rings. The average Bonchev–Trinajstić information content (AvgIpc) is 3.41. The molecule has 6 nitrogen and oxygen atoms in total. The van der Waals surface area contributed by atoms with Gasteiger partial charge in [0.2, 0.25) is 5.91 Å². The van der Waals surface area contributed by atoms with E-state index in [0.717, 1.165) is 10.1 Å². The van der Waals surface area contributed by atoms with Gasteiger partial charge in [0, 0.05) is 17.5 Å². The zero-order chi connectivity index (χ0) is 24.5. The predicted molar refractivity (Wildman–Crippen MR) is 142 cm³/mol. The van der Waals surface area contributed by atoms with Gasteiger partial charge in [-0.05, 0) is 61.4 Å². The zero-order valence-electron chi connectivity index (χ0n) is 19.5. The third kappa shape index (κ3) is 7.02.